The number of halogens is 2. The van der Waals surface area contributed by atoms with Crippen LogP contribution in [0, 0.1) is 26.4 Å². The summed E-state index contributed by atoms with van der Waals surface area (Å²) in [7, 11) is 0. The largest absolute Gasteiger partial charge is 0.297 e. The van der Waals surface area contributed by atoms with Crippen LogP contribution in [-0.4, -0.2) is 14.7 Å². The number of nitro benzene ring substituents is 1. The van der Waals surface area contributed by atoms with E-state index in [0.29, 0.717) is 5.56 Å². The van der Waals surface area contributed by atoms with Crippen molar-refractivity contribution in [3.63, 3.8) is 0 Å². The molecule has 0 aliphatic heterocycles. The Morgan fingerprint density at radius 3 is 2.76 bits per heavy atom. The average Bonchev–Trinajstić information content (AvgIpc) is 2.68. The van der Waals surface area contributed by atoms with E-state index in [1.54, 1.807) is 19.3 Å². The van der Waals surface area contributed by atoms with E-state index in [-0.39, 0.29) is 11.4 Å². The highest BCUT2D eigenvalue weighted by Crippen LogP contribution is 2.26. The number of aryl methyl sites for hydroxylation is 1. The van der Waals surface area contributed by atoms with Gasteiger partial charge in [-0.3, -0.25) is 10.1 Å². The molecule has 0 unspecified atom stereocenters. The van der Waals surface area contributed by atoms with Crippen LogP contribution in [0.1, 0.15) is 5.56 Å². The van der Waals surface area contributed by atoms with E-state index in [9.17, 15) is 14.5 Å². The number of rotatable bonds is 2. The minimum atomic E-state index is -0.619. The maximum absolute atomic E-state index is 13.3. The van der Waals surface area contributed by atoms with Crippen molar-refractivity contribution < 1.29 is 9.31 Å². The van der Waals surface area contributed by atoms with Crippen molar-refractivity contribution in [2.24, 2.45) is 0 Å². The Morgan fingerprint density at radius 1 is 1.53 bits per heavy atom. The molecule has 1 heterocycles. The topological polar surface area (TPSA) is 61.0 Å². The van der Waals surface area contributed by atoms with Crippen LogP contribution in [0.25, 0.3) is 5.69 Å². The monoisotopic (exact) mass is 347 g/mol. The number of hydrogen-bond donors (Lipinski definition) is 0. The van der Waals surface area contributed by atoms with Crippen LogP contribution >= 0.6 is 22.6 Å². The molecule has 0 aliphatic rings. The van der Waals surface area contributed by atoms with Crippen molar-refractivity contribution in [3.8, 4) is 5.69 Å². The molecule has 0 saturated carbocycles. The van der Waals surface area contributed by atoms with Crippen LogP contribution in [0.5, 0.6) is 0 Å². The maximum atomic E-state index is 13.3. The van der Waals surface area contributed by atoms with Crippen molar-refractivity contribution >= 4 is 28.3 Å². The van der Waals surface area contributed by atoms with Gasteiger partial charge in [-0.15, -0.1) is 0 Å². The lowest BCUT2D eigenvalue weighted by atomic mass is 10.2. The predicted molar refractivity (Wildman–Crippen MR) is 67.6 cm³/mol. The zero-order valence-electron chi connectivity index (χ0n) is 8.72. The molecule has 0 bridgehead atoms. The molecule has 5 nitrogen and oxygen atoms in total. The first-order valence-electron chi connectivity index (χ1n) is 4.64. The van der Waals surface area contributed by atoms with Gasteiger partial charge in [0.2, 0.25) is 0 Å². The number of nitrogens with zero attached hydrogens (tertiary/aromatic N) is 3. The predicted octanol–water partition coefficient (Wildman–Crippen LogP) is 2.83. The molecule has 88 valence electrons. The van der Waals surface area contributed by atoms with Crippen molar-refractivity contribution in [2.45, 2.75) is 6.92 Å². The van der Waals surface area contributed by atoms with E-state index in [2.05, 4.69) is 5.10 Å². The Bertz CT molecular complexity index is 597. The van der Waals surface area contributed by atoms with Gasteiger partial charge in [-0.1, -0.05) is 0 Å². The fraction of sp³-hybridized carbons (Fsp3) is 0.100. The molecule has 0 amide bonds. The summed E-state index contributed by atoms with van der Waals surface area (Å²) in [6, 6.07) is 2.33. The van der Waals surface area contributed by atoms with Crippen LogP contribution in [0.3, 0.4) is 0 Å². The van der Waals surface area contributed by atoms with Gasteiger partial charge in [0.15, 0.2) is 0 Å². The molecular formula is C10H7FIN3O2. The highest BCUT2D eigenvalue weighted by atomic mass is 127. The van der Waals surface area contributed by atoms with Crippen molar-refractivity contribution in [1.82, 2.24) is 9.78 Å². The minimum absolute atomic E-state index is 0.261. The third-order valence-corrected chi connectivity index (χ3v) is 2.81. The zero-order chi connectivity index (χ0) is 12.6. The molecule has 2 rings (SSSR count). The number of nitro groups is 1. The second-order valence-electron chi connectivity index (χ2n) is 3.45. The zero-order valence-corrected chi connectivity index (χ0v) is 10.9. The van der Waals surface area contributed by atoms with Crippen LogP contribution in [-0.2, 0) is 0 Å². The van der Waals surface area contributed by atoms with Crippen molar-refractivity contribution in [3.05, 3.63) is 49.6 Å². The van der Waals surface area contributed by atoms with Gasteiger partial charge in [-0.25, -0.2) is 9.07 Å². The highest BCUT2D eigenvalue weighted by Gasteiger charge is 2.19. The lowest BCUT2D eigenvalue weighted by molar-refractivity contribution is -0.384. The third kappa shape index (κ3) is 2.28. The third-order valence-electron chi connectivity index (χ3n) is 2.25. The molecule has 17 heavy (non-hydrogen) atoms. The van der Waals surface area contributed by atoms with Crippen molar-refractivity contribution in [1.29, 1.82) is 0 Å². The van der Waals surface area contributed by atoms with Gasteiger partial charge in [0.25, 0.3) is 5.69 Å². The standard InChI is InChI=1S/C10H7FIN3O2/c1-6-2-9(14-5-7(12)4-13-14)10(15(16)17)3-8(6)11/h2-5H,1H3. The number of hydrogen-bond acceptors (Lipinski definition) is 3. The summed E-state index contributed by atoms with van der Waals surface area (Å²) in [5.41, 5.74) is 0.306. The molecule has 7 heteroatoms. The van der Waals surface area contributed by atoms with E-state index < -0.39 is 10.7 Å². The SMILES string of the molecule is Cc1cc(-n2cc(I)cn2)c([N+](=O)[O-])cc1F. The van der Waals surface area contributed by atoms with Crippen LogP contribution in [0.2, 0.25) is 0 Å². The molecule has 1 aromatic heterocycles. The Morgan fingerprint density at radius 2 is 2.24 bits per heavy atom. The normalized spacial score (nSPS) is 10.5. The number of benzene rings is 1. The Hall–Kier alpha value is -1.51. The first-order chi connectivity index (χ1) is 7.99. The molecule has 0 saturated heterocycles. The fourth-order valence-electron chi connectivity index (χ4n) is 1.42. The average molecular weight is 347 g/mol. The first kappa shape index (κ1) is 12.0. The van der Waals surface area contributed by atoms with Crippen LogP contribution in [0.4, 0.5) is 10.1 Å². The Labute approximate surface area is 110 Å². The van der Waals surface area contributed by atoms with Crippen LogP contribution in [0.15, 0.2) is 24.5 Å². The number of aromatic nitrogens is 2. The molecule has 0 atom stereocenters. The summed E-state index contributed by atoms with van der Waals surface area (Å²) < 4.78 is 15.5. The summed E-state index contributed by atoms with van der Waals surface area (Å²) in [4.78, 5) is 10.2. The lowest BCUT2D eigenvalue weighted by Crippen LogP contribution is -2.02. The minimum Gasteiger partial charge on any atom is -0.258 e. The first-order valence-corrected chi connectivity index (χ1v) is 5.72. The van der Waals surface area contributed by atoms with Gasteiger partial charge in [0.05, 0.1) is 20.8 Å². The van der Waals surface area contributed by atoms with Crippen molar-refractivity contribution in [2.75, 3.05) is 0 Å². The highest BCUT2D eigenvalue weighted by molar-refractivity contribution is 14.1. The molecular weight excluding hydrogens is 340 g/mol. The van der Waals surface area contributed by atoms with Gasteiger partial charge < -0.3 is 0 Å². The Balaban J connectivity index is 2.67. The Kier molecular flexibility index (Phi) is 3.09. The molecule has 0 N–H and O–H groups in total. The molecule has 0 spiro atoms. The summed E-state index contributed by atoms with van der Waals surface area (Å²) >= 11 is 2.04. The lowest BCUT2D eigenvalue weighted by Gasteiger charge is -2.05. The van der Waals surface area contributed by atoms with Gasteiger partial charge in [-0.2, -0.15) is 5.10 Å². The fourth-order valence-corrected chi connectivity index (χ4v) is 1.81. The van der Waals surface area contributed by atoms with E-state index in [0.717, 1.165) is 9.64 Å². The van der Waals surface area contributed by atoms with Gasteiger partial charge >= 0.3 is 0 Å². The maximum Gasteiger partial charge on any atom is 0.297 e. The summed E-state index contributed by atoms with van der Waals surface area (Å²) in [5, 5.41) is 14.8. The quantitative estimate of drug-likeness (QED) is 0.477. The summed E-state index contributed by atoms with van der Waals surface area (Å²) in [6.07, 6.45) is 3.21. The molecule has 0 radical (unpaired) electrons. The molecule has 2 aromatic rings. The molecule has 0 fully saturated rings. The van der Waals surface area contributed by atoms with E-state index >= 15 is 0 Å². The van der Waals surface area contributed by atoms with Gasteiger partial charge in [0.1, 0.15) is 11.5 Å². The van der Waals surface area contributed by atoms with Gasteiger partial charge in [-0.05, 0) is 41.1 Å². The van der Waals surface area contributed by atoms with E-state index in [4.69, 9.17) is 0 Å². The van der Waals surface area contributed by atoms with Crippen LogP contribution < -0.4 is 0 Å². The van der Waals surface area contributed by atoms with E-state index in [1.807, 2.05) is 22.6 Å². The second kappa shape index (κ2) is 4.40. The molecule has 0 aliphatic carbocycles. The molecule has 1 aromatic carbocycles. The summed E-state index contributed by atoms with van der Waals surface area (Å²) in [6.45, 7) is 1.55. The smallest absolute Gasteiger partial charge is 0.258 e. The summed E-state index contributed by atoms with van der Waals surface area (Å²) in [5.74, 6) is -0.595. The van der Waals surface area contributed by atoms with Gasteiger partial charge in [0, 0.05) is 6.20 Å². The van der Waals surface area contributed by atoms with E-state index in [1.165, 1.54) is 10.7 Å². The second-order valence-corrected chi connectivity index (χ2v) is 4.70.